The van der Waals surface area contributed by atoms with Crippen molar-refractivity contribution < 1.29 is 9.53 Å². The van der Waals surface area contributed by atoms with E-state index in [4.69, 9.17) is 4.74 Å². The van der Waals surface area contributed by atoms with Crippen LogP contribution in [0.25, 0.3) is 0 Å². The molecule has 0 saturated heterocycles. The molecule has 88 valence electrons. The average Bonchev–Trinajstić information content (AvgIpc) is 2.97. The topological polar surface area (TPSA) is 50.4 Å². The molecule has 0 aliphatic heterocycles. The van der Waals surface area contributed by atoms with Gasteiger partial charge in [0.25, 0.3) is 0 Å². The summed E-state index contributed by atoms with van der Waals surface area (Å²) in [6.45, 7) is 6.64. The quantitative estimate of drug-likeness (QED) is 0.579. The molecule has 0 unspecified atom stereocenters. The van der Waals surface area contributed by atoms with E-state index in [0.717, 1.165) is 19.0 Å². The molecule has 1 amide bonds. The zero-order valence-electron chi connectivity index (χ0n) is 9.71. The predicted octanol–water partition coefficient (Wildman–Crippen LogP) is 0.527. The standard InChI is InChI=1S/C11H22N2O2/c1-9(2)15-6-5-12-8-11(14)13-7-10-3-4-10/h9-10,12H,3-8H2,1-2H3,(H,13,14). The highest BCUT2D eigenvalue weighted by Crippen LogP contribution is 2.27. The summed E-state index contributed by atoms with van der Waals surface area (Å²) in [6.07, 6.45) is 2.81. The Balaban J connectivity index is 1.83. The molecule has 0 bridgehead atoms. The van der Waals surface area contributed by atoms with Crippen LogP contribution in [0.3, 0.4) is 0 Å². The molecule has 15 heavy (non-hydrogen) atoms. The molecule has 1 fully saturated rings. The summed E-state index contributed by atoms with van der Waals surface area (Å²) in [4.78, 5) is 11.3. The van der Waals surface area contributed by atoms with Crippen LogP contribution in [0.4, 0.5) is 0 Å². The largest absolute Gasteiger partial charge is 0.377 e. The molecule has 4 heteroatoms. The monoisotopic (exact) mass is 214 g/mol. The molecule has 1 aliphatic rings. The maximum Gasteiger partial charge on any atom is 0.233 e. The number of carbonyl (C=O) groups is 1. The van der Waals surface area contributed by atoms with E-state index < -0.39 is 0 Å². The highest BCUT2D eigenvalue weighted by atomic mass is 16.5. The molecular formula is C11H22N2O2. The van der Waals surface area contributed by atoms with Gasteiger partial charge < -0.3 is 15.4 Å². The maximum atomic E-state index is 11.3. The summed E-state index contributed by atoms with van der Waals surface area (Å²) in [6, 6.07) is 0. The molecule has 0 atom stereocenters. The first-order chi connectivity index (χ1) is 7.18. The Kier molecular flexibility index (Phi) is 5.65. The summed E-state index contributed by atoms with van der Waals surface area (Å²) in [5.41, 5.74) is 0. The lowest BCUT2D eigenvalue weighted by molar-refractivity contribution is -0.120. The van der Waals surface area contributed by atoms with Gasteiger partial charge in [-0.2, -0.15) is 0 Å². The molecule has 0 aromatic carbocycles. The van der Waals surface area contributed by atoms with Gasteiger partial charge in [0, 0.05) is 13.1 Å². The number of nitrogens with one attached hydrogen (secondary N) is 2. The van der Waals surface area contributed by atoms with Crippen LogP contribution >= 0.6 is 0 Å². The Bertz CT molecular complexity index is 191. The van der Waals surface area contributed by atoms with E-state index >= 15 is 0 Å². The molecule has 0 heterocycles. The van der Waals surface area contributed by atoms with Crippen molar-refractivity contribution >= 4 is 5.91 Å². The molecule has 1 rings (SSSR count). The van der Waals surface area contributed by atoms with E-state index in [9.17, 15) is 4.79 Å². The Morgan fingerprint density at radius 2 is 2.20 bits per heavy atom. The van der Waals surface area contributed by atoms with Gasteiger partial charge in [-0.3, -0.25) is 4.79 Å². The van der Waals surface area contributed by atoms with Gasteiger partial charge in [-0.05, 0) is 32.6 Å². The second kappa shape index (κ2) is 6.80. The summed E-state index contributed by atoms with van der Waals surface area (Å²) in [5, 5.41) is 5.95. The summed E-state index contributed by atoms with van der Waals surface area (Å²) >= 11 is 0. The second-order valence-corrected chi connectivity index (χ2v) is 4.34. The Morgan fingerprint density at radius 3 is 2.80 bits per heavy atom. The first-order valence-electron chi connectivity index (χ1n) is 5.77. The lowest BCUT2D eigenvalue weighted by Gasteiger charge is -2.08. The van der Waals surface area contributed by atoms with Gasteiger partial charge in [0.1, 0.15) is 0 Å². The van der Waals surface area contributed by atoms with Crippen LogP contribution in [0.15, 0.2) is 0 Å². The first-order valence-corrected chi connectivity index (χ1v) is 5.77. The number of hydrogen-bond donors (Lipinski definition) is 2. The van der Waals surface area contributed by atoms with Gasteiger partial charge in [-0.15, -0.1) is 0 Å². The van der Waals surface area contributed by atoms with Crippen LogP contribution in [0.2, 0.25) is 0 Å². The van der Waals surface area contributed by atoms with E-state index in [1.807, 2.05) is 13.8 Å². The van der Waals surface area contributed by atoms with Crippen LogP contribution in [-0.4, -0.2) is 38.3 Å². The number of carbonyl (C=O) groups excluding carboxylic acids is 1. The zero-order valence-corrected chi connectivity index (χ0v) is 9.71. The predicted molar refractivity (Wildman–Crippen MR) is 59.7 cm³/mol. The van der Waals surface area contributed by atoms with Crippen molar-refractivity contribution in [1.82, 2.24) is 10.6 Å². The minimum atomic E-state index is 0.0893. The maximum absolute atomic E-state index is 11.3. The molecular weight excluding hydrogens is 192 g/mol. The van der Waals surface area contributed by atoms with Crippen LogP contribution in [-0.2, 0) is 9.53 Å². The van der Waals surface area contributed by atoms with Crippen molar-refractivity contribution in [2.24, 2.45) is 5.92 Å². The SMILES string of the molecule is CC(C)OCCNCC(=O)NCC1CC1. The Morgan fingerprint density at radius 1 is 1.47 bits per heavy atom. The number of rotatable bonds is 8. The van der Waals surface area contributed by atoms with Crippen molar-refractivity contribution in [2.75, 3.05) is 26.2 Å². The van der Waals surface area contributed by atoms with Gasteiger partial charge in [0.05, 0.1) is 19.3 Å². The smallest absolute Gasteiger partial charge is 0.233 e. The number of amides is 1. The van der Waals surface area contributed by atoms with Crippen LogP contribution < -0.4 is 10.6 Å². The van der Waals surface area contributed by atoms with E-state index in [1.54, 1.807) is 0 Å². The van der Waals surface area contributed by atoms with Crippen molar-refractivity contribution in [3.05, 3.63) is 0 Å². The molecule has 0 radical (unpaired) electrons. The van der Waals surface area contributed by atoms with Gasteiger partial charge in [-0.25, -0.2) is 0 Å². The third kappa shape index (κ3) is 7.33. The molecule has 2 N–H and O–H groups in total. The molecule has 0 aromatic rings. The van der Waals surface area contributed by atoms with E-state index in [0.29, 0.717) is 13.2 Å². The average molecular weight is 214 g/mol. The van der Waals surface area contributed by atoms with Crippen LogP contribution in [0, 0.1) is 5.92 Å². The van der Waals surface area contributed by atoms with Gasteiger partial charge >= 0.3 is 0 Å². The van der Waals surface area contributed by atoms with Crippen LogP contribution in [0.5, 0.6) is 0 Å². The normalized spacial score (nSPS) is 15.7. The number of ether oxygens (including phenoxy) is 1. The zero-order chi connectivity index (χ0) is 11.1. The molecule has 0 aromatic heterocycles. The summed E-state index contributed by atoms with van der Waals surface area (Å²) < 4.78 is 5.34. The fourth-order valence-electron chi connectivity index (χ4n) is 1.21. The summed E-state index contributed by atoms with van der Waals surface area (Å²) in [7, 11) is 0. The Labute approximate surface area is 91.8 Å². The molecule has 0 spiro atoms. The third-order valence-electron chi connectivity index (χ3n) is 2.30. The molecule has 1 saturated carbocycles. The van der Waals surface area contributed by atoms with Gasteiger partial charge in [-0.1, -0.05) is 0 Å². The third-order valence-corrected chi connectivity index (χ3v) is 2.30. The fraction of sp³-hybridized carbons (Fsp3) is 0.909. The first kappa shape index (κ1) is 12.5. The minimum absolute atomic E-state index is 0.0893. The molecule has 1 aliphatic carbocycles. The van der Waals surface area contributed by atoms with Crippen molar-refractivity contribution in [3.63, 3.8) is 0 Å². The van der Waals surface area contributed by atoms with Gasteiger partial charge in [0.2, 0.25) is 5.91 Å². The van der Waals surface area contributed by atoms with Crippen LogP contribution in [0.1, 0.15) is 26.7 Å². The van der Waals surface area contributed by atoms with E-state index in [-0.39, 0.29) is 12.0 Å². The lowest BCUT2D eigenvalue weighted by Crippen LogP contribution is -2.36. The van der Waals surface area contributed by atoms with Gasteiger partial charge in [0.15, 0.2) is 0 Å². The summed E-state index contributed by atoms with van der Waals surface area (Å²) in [5.74, 6) is 0.838. The van der Waals surface area contributed by atoms with Crippen molar-refractivity contribution in [1.29, 1.82) is 0 Å². The van der Waals surface area contributed by atoms with E-state index in [2.05, 4.69) is 10.6 Å². The van der Waals surface area contributed by atoms with E-state index in [1.165, 1.54) is 12.8 Å². The minimum Gasteiger partial charge on any atom is -0.377 e. The highest BCUT2D eigenvalue weighted by Gasteiger charge is 2.21. The van der Waals surface area contributed by atoms with Crippen molar-refractivity contribution in [3.8, 4) is 0 Å². The molecule has 4 nitrogen and oxygen atoms in total. The number of hydrogen-bond acceptors (Lipinski definition) is 3. The Hall–Kier alpha value is -0.610. The fourth-order valence-corrected chi connectivity index (χ4v) is 1.21. The van der Waals surface area contributed by atoms with Crippen molar-refractivity contribution in [2.45, 2.75) is 32.8 Å². The second-order valence-electron chi connectivity index (χ2n) is 4.34. The highest BCUT2D eigenvalue weighted by molar-refractivity contribution is 5.77. The lowest BCUT2D eigenvalue weighted by atomic mass is 10.4.